The Morgan fingerprint density at radius 1 is 1.05 bits per heavy atom. The molecule has 3 N–H and O–H groups in total. The number of hydrogen-bond acceptors (Lipinski definition) is 6. The first-order valence-electron chi connectivity index (χ1n) is 14.3. The molecule has 8 nitrogen and oxygen atoms in total. The van der Waals surface area contributed by atoms with Gasteiger partial charge in [0.1, 0.15) is 22.4 Å². The van der Waals surface area contributed by atoms with E-state index in [4.69, 9.17) is 4.74 Å². The van der Waals surface area contributed by atoms with Gasteiger partial charge >= 0.3 is 0 Å². The highest BCUT2D eigenvalue weighted by atomic mass is 19.1. The number of fused-ring (bicyclic) bond motifs is 4. The van der Waals surface area contributed by atoms with Crippen molar-refractivity contribution in [3.8, 4) is 11.4 Å². The number of nitrogens with one attached hydrogen (secondary N) is 3. The van der Waals surface area contributed by atoms with E-state index < -0.39 is 17.2 Å². The standard InChI is InChI=1S/C32H38FN5O3/c1-21-29-31(28(22(2)33)35-14-17-37-15-8-9-16-37)41-27-19-24-11-5-4-10-23(24)18-26(27)38(29)20-25(30(21)39)32(40)36-13-7-6-12-34-3/h4-5,10-11,18-20,34-35H,1,6-9,12-17H2,2-3H3,(H,36,40)/b28-22-. The molecule has 0 unspecified atom stereocenters. The van der Waals surface area contributed by atoms with E-state index >= 15 is 4.39 Å². The van der Waals surface area contributed by atoms with Gasteiger partial charge in [-0.2, -0.15) is 0 Å². The molecule has 3 aromatic rings. The van der Waals surface area contributed by atoms with Crippen LogP contribution in [-0.2, 0) is 0 Å². The number of aromatic nitrogens is 1. The fourth-order valence-electron chi connectivity index (χ4n) is 5.50. The Kier molecular flexibility index (Phi) is 8.85. The minimum atomic E-state index is -0.512. The molecule has 2 aromatic carbocycles. The van der Waals surface area contributed by atoms with Gasteiger partial charge < -0.3 is 30.2 Å². The summed E-state index contributed by atoms with van der Waals surface area (Å²) in [6, 6.07) is 11.7. The molecule has 3 heterocycles. The van der Waals surface area contributed by atoms with Crippen molar-refractivity contribution in [2.24, 2.45) is 0 Å². The molecule has 1 saturated heterocycles. The summed E-state index contributed by atoms with van der Waals surface area (Å²) in [5.74, 6) is -0.258. The van der Waals surface area contributed by atoms with Gasteiger partial charge in [-0.3, -0.25) is 9.59 Å². The number of carbonyl (C=O) groups excluding carboxylic acids is 1. The SMILES string of the molecule is C=c1c(=O)c(C(=O)NCCCCNC)cn2c1=C(/C(NCCN1CCCC1)=C(\C)F)Oc1cc3ccccc3cc1-2. The molecule has 0 spiro atoms. The van der Waals surface area contributed by atoms with E-state index in [0.717, 1.165) is 49.8 Å². The molecule has 1 aromatic heterocycles. The van der Waals surface area contributed by atoms with E-state index in [2.05, 4.69) is 27.4 Å². The molecular formula is C32H38FN5O3. The quantitative estimate of drug-likeness (QED) is 0.313. The number of likely N-dealkylation sites (tertiary alicyclic amines) is 1. The number of unbranched alkanes of at least 4 members (excludes halogenated alkanes) is 1. The number of rotatable bonds is 11. The Morgan fingerprint density at radius 3 is 2.46 bits per heavy atom. The average Bonchev–Trinajstić information content (AvgIpc) is 3.49. The smallest absolute Gasteiger partial charge is 0.256 e. The summed E-state index contributed by atoms with van der Waals surface area (Å²) in [5, 5.41) is 11.5. The average molecular weight is 560 g/mol. The van der Waals surface area contributed by atoms with Gasteiger partial charge in [-0.25, -0.2) is 4.39 Å². The van der Waals surface area contributed by atoms with Crippen LogP contribution in [0.3, 0.4) is 0 Å². The number of amides is 1. The predicted molar refractivity (Wildman–Crippen MR) is 161 cm³/mol. The minimum Gasteiger partial charge on any atom is -0.451 e. The van der Waals surface area contributed by atoms with Gasteiger partial charge in [0.2, 0.25) is 5.43 Å². The van der Waals surface area contributed by atoms with Crippen LogP contribution < -0.4 is 36.7 Å². The zero-order valence-corrected chi connectivity index (χ0v) is 23.8. The molecular weight excluding hydrogens is 521 g/mol. The summed E-state index contributed by atoms with van der Waals surface area (Å²) in [6.07, 6.45) is 5.55. The van der Waals surface area contributed by atoms with Crippen LogP contribution in [0, 0.1) is 0 Å². The zero-order chi connectivity index (χ0) is 28.9. The Morgan fingerprint density at radius 2 is 1.76 bits per heavy atom. The third-order valence-electron chi connectivity index (χ3n) is 7.70. The number of nitrogens with zero attached hydrogens (tertiary/aromatic N) is 2. The number of allylic oxidation sites excluding steroid dienone is 1. The maximum atomic E-state index is 15.2. The highest BCUT2D eigenvalue weighted by Crippen LogP contribution is 2.33. The van der Waals surface area contributed by atoms with E-state index in [-0.39, 0.29) is 22.2 Å². The van der Waals surface area contributed by atoms with E-state index in [1.165, 1.54) is 26.0 Å². The highest BCUT2D eigenvalue weighted by Gasteiger charge is 2.26. The zero-order valence-electron chi connectivity index (χ0n) is 23.8. The molecule has 9 heteroatoms. The van der Waals surface area contributed by atoms with Crippen LogP contribution in [0.1, 0.15) is 43.0 Å². The molecule has 1 amide bonds. The topological polar surface area (TPSA) is 87.6 Å². The summed E-state index contributed by atoms with van der Waals surface area (Å²) in [4.78, 5) is 29.0. The molecule has 5 rings (SSSR count). The van der Waals surface area contributed by atoms with Gasteiger partial charge in [0.05, 0.1) is 5.69 Å². The van der Waals surface area contributed by atoms with Crippen molar-refractivity contribution in [3.63, 3.8) is 0 Å². The first-order chi connectivity index (χ1) is 19.9. The molecule has 0 saturated carbocycles. The van der Waals surface area contributed by atoms with Crippen molar-refractivity contribution < 1.29 is 13.9 Å². The summed E-state index contributed by atoms with van der Waals surface area (Å²) in [6.45, 7) is 10.1. The van der Waals surface area contributed by atoms with Crippen LogP contribution in [0.25, 0.3) is 28.8 Å². The first-order valence-corrected chi connectivity index (χ1v) is 14.3. The van der Waals surface area contributed by atoms with Crippen LogP contribution in [0.5, 0.6) is 5.75 Å². The lowest BCUT2D eigenvalue weighted by molar-refractivity contribution is 0.0951. The maximum Gasteiger partial charge on any atom is 0.256 e. The van der Waals surface area contributed by atoms with Crippen molar-refractivity contribution in [3.05, 3.63) is 80.5 Å². The third kappa shape index (κ3) is 6.06. The van der Waals surface area contributed by atoms with E-state index in [0.29, 0.717) is 29.9 Å². The van der Waals surface area contributed by atoms with Crippen molar-refractivity contribution in [2.75, 3.05) is 46.3 Å². The Labute approximate surface area is 239 Å². The fraction of sp³-hybridized carbons (Fsp3) is 0.375. The number of ether oxygens (including phenoxy) is 1. The second-order valence-electron chi connectivity index (χ2n) is 10.6. The van der Waals surface area contributed by atoms with Crippen LogP contribution in [0.4, 0.5) is 4.39 Å². The van der Waals surface area contributed by atoms with Crippen molar-refractivity contribution in [1.29, 1.82) is 0 Å². The van der Waals surface area contributed by atoms with E-state index in [1.807, 2.05) is 43.4 Å². The third-order valence-corrected chi connectivity index (χ3v) is 7.70. The van der Waals surface area contributed by atoms with Gasteiger partial charge in [-0.05, 0) is 82.2 Å². The fourth-order valence-corrected chi connectivity index (χ4v) is 5.50. The van der Waals surface area contributed by atoms with Crippen molar-refractivity contribution in [1.82, 2.24) is 25.4 Å². The lowest BCUT2D eigenvalue weighted by Gasteiger charge is -2.26. The van der Waals surface area contributed by atoms with Crippen LogP contribution in [-0.4, -0.2) is 61.7 Å². The Hall–Kier alpha value is -3.95. The van der Waals surface area contributed by atoms with Crippen molar-refractivity contribution >= 4 is 29.0 Å². The molecule has 2 aliphatic heterocycles. The second kappa shape index (κ2) is 12.7. The minimum absolute atomic E-state index is 0.0165. The summed E-state index contributed by atoms with van der Waals surface area (Å²) in [7, 11) is 1.88. The molecule has 1 fully saturated rings. The van der Waals surface area contributed by atoms with Gasteiger partial charge in [0, 0.05) is 31.0 Å². The number of halogens is 1. The highest BCUT2D eigenvalue weighted by molar-refractivity contribution is 5.94. The summed E-state index contributed by atoms with van der Waals surface area (Å²) in [5.41, 5.74) is 0.283. The molecule has 0 atom stereocenters. The molecule has 0 radical (unpaired) electrons. The maximum absolute atomic E-state index is 15.2. The van der Waals surface area contributed by atoms with Gasteiger partial charge in [0.25, 0.3) is 5.91 Å². The van der Waals surface area contributed by atoms with E-state index in [1.54, 1.807) is 4.57 Å². The second-order valence-corrected chi connectivity index (χ2v) is 10.6. The molecule has 2 aliphatic rings. The van der Waals surface area contributed by atoms with Gasteiger partial charge in [0.15, 0.2) is 11.5 Å². The lowest BCUT2D eigenvalue weighted by Crippen LogP contribution is -2.51. The van der Waals surface area contributed by atoms with Crippen LogP contribution in [0.2, 0.25) is 0 Å². The first kappa shape index (κ1) is 28.6. The monoisotopic (exact) mass is 559 g/mol. The number of carbonyl (C=O) groups is 1. The Balaban J connectivity index is 1.61. The normalized spacial score (nSPS) is 15.2. The Bertz CT molecular complexity index is 1650. The molecule has 0 bridgehead atoms. The number of benzene rings is 2. The molecule has 41 heavy (non-hydrogen) atoms. The van der Waals surface area contributed by atoms with Crippen LogP contribution in [0.15, 0.2) is 58.9 Å². The van der Waals surface area contributed by atoms with Crippen LogP contribution >= 0.6 is 0 Å². The number of hydrogen-bond donors (Lipinski definition) is 3. The molecule has 0 aliphatic carbocycles. The number of pyridine rings is 1. The molecule has 216 valence electrons. The summed E-state index contributed by atoms with van der Waals surface area (Å²) < 4.78 is 23.3. The predicted octanol–water partition coefficient (Wildman–Crippen LogP) is 2.52. The summed E-state index contributed by atoms with van der Waals surface area (Å²) >= 11 is 0. The van der Waals surface area contributed by atoms with Gasteiger partial charge in [-0.1, -0.05) is 30.8 Å². The van der Waals surface area contributed by atoms with E-state index in [9.17, 15) is 9.59 Å². The largest absolute Gasteiger partial charge is 0.451 e. The van der Waals surface area contributed by atoms with Gasteiger partial charge in [-0.15, -0.1) is 0 Å². The lowest BCUT2D eigenvalue weighted by atomic mass is 10.1. The van der Waals surface area contributed by atoms with Crippen molar-refractivity contribution in [2.45, 2.75) is 32.6 Å².